The van der Waals surface area contributed by atoms with Crippen LogP contribution in [0.15, 0.2) is 60.7 Å². The average molecular weight is 427 g/mol. The van der Waals surface area contributed by atoms with Gasteiger partial charge in [0.25, 0.3) is 0 Å². The quantitative estimate of drug-likeness (QED) is 0.262. The molecule has 0 spiro atoms. The van der Waals surface area contributed by atoms with Crippen molar-refractivity contribution in [2.45, 2.75) is 96.8 Å². The highest BCUT2D eigenvalue weighted by Gasteiger charge is 2.20. The lowest BCUT2D eigenvalue weighted by Gasteiger charge is -2.27. The third-order valence-corrected chi connectivity index (χ3v) is 6.98. The van der Waals surface area contributed by atoms with Gasteiger partial charge < -0.3 is 0 Å². The predicted octanol–water partition coefficient (Wildman–Crippen LogP) is 9.03. The van der Waals surface area contributed by atoms with Crippen LogP contribution in [-0.4, -0.2) is 0 Å². The van der Waals surface area contributed by atoms with Gasteiger partial charge in [-0.15, -0.1) is 0 Å². The first-order chi connectivity index (χ1) is 15.8. The Labute approximate surface area is 197 Å². The SMILES string of the molecule is CCCCCc1ccc(C#CC=CC2CCC(c3ccc(CCCCC)cc3)CC2)cc1. The molecule has 0 unspecified atom stereocenters. The van der Waals surface area contributed by atoms with Crippen molar-refractivity contribution in [3.8, 4) is 11.8 Å². The highest BCUT2D eigenvalue weighted by atomic mass is 14.3. The first kappa shape index (κ1) is 24.4. The fraction of sp³-hybridized carbons (Fsp3) is 0.500. The molecule has 0 atom stereocenters. The largest absolute Gasteiger partial charge is 0.0730 e. The summed E-state index contributed by atoms with van der Waals surface area (Å²) in [7, 11) is 0. The molecule has 0 heterocycles. The fourth-order valence-corrected chi connectivity index (χ4v) is 4.82. The Kier molecular flexibility index (Phi) is 10.7. The highest BCUT2D eigenvalue weighted by Crippen LogP contribution is 2.36. The maximum absolute atomic E-state index is 3.30. The van der Waals surface area contributed by atoms with E-state index in [9.17, 15) is 0 Å². The van der Waals surface area contributed by atoms with Crippen LogP contribution in [0.3, 0.4) is 0 Å². The van der Waals surface area contributed by atoms with Crippen molar-refractivity contribution in [3.63, 3.8) is 0 Å². The number of hydrogen-bond donors (Lipinski definition) is 0. The van der Waals surface area contributed by atoms with E-state index in [1.807, 2.05) is 0 Å². The number of rotatable bonds is 10. The number of aryl methyl sites for hydroxylation is 2. The summed E-state index contributed by atoms with van der Waals surface area (Å²) >= 11 is 0. The van der Waals surface area contributed by atoms with Gasteiger partial charge in [-0.1, -0.05) is 93.8 Å². The van der Waals surface area contributed by atoms with E-state index >= 15 is 0 Å². The van der Waals surface area contributed by atoms with Gasteiger partial charge in [0.15, 0.2) is 0 Å². The maximum Gasteiger partial charge on any atom is 0.0249 e. The summed E-state index contributed by atoms with van der Waals surface area (Å²) in [5.41, 5.74) is 5.60. The Balaban J connectivity index is 1.40. The second kappa shape index (κ2) is 14.0. The van der Waals surface area contributed by atoms with E-state index in [0.717, 1.165) is 11.5 Å². The Morgan fingerprint density at radius 3 is 1.84 bits per heavy atom. The normalized spacial score (nSPS) is 18.4. The van der Waals surface area contributed by atoms with Crippen molar-refractivity contribution in [3.05, 3.63) is 82.9 Å². The molecule has 3 rings (SSSR count). The van der Waals surface area contributed by atoms with Gasteiger partial charge in [-0.3, -0.25) is 0 Å². The summed E-state index contributed by atoms with van der Waals surface area (Å²) in [4.78, 5) is 0. The van der Waals surface area contributed by atoms with Gasteiger partial charge in [0.1, 0.15) is 0 Å². The van der Waals surface area contributed by atoms with Gasteiger partial charge in [0.05, 0.1) is 0 Å². The summed E-state index contributed by atoms with van der Waals surface area (Å²) in [5.74, 6) is 7.99. The van der Waals surface area contributed by atoms with Crippen LogP contribution in [-0.2, 0) is 12.8 Å². The van der Waals surface area contributed by atoms with Gasteiger partial charge in [-0.05, 0) is 98.1 Å². The molecule has 0 aliphatic heterocycles. The maximum atomic E-state index is 3.30. The van der Waals surface area contributed by atoms with Crippen LogP contribution in [0, 0.1) is 17.8 Å². The third kappa shape index (κ3) is 8.35. The average Bonchev–Trinajstić information content (AvgIpc) is 2.84. The van der Waals surface area contributed by atoms with E-state index in [0.29, 0.717) is 5.92 Å². The van der Waals surface area contributed by atoms with Crippen molar-refractivity contribution in [2.24, 2.45) is 5.92 Å². The molecular weight excluding hydrogens is 384 g/mol. The molecule has 1 aliphatic rings. The molecule has 0 N–H and O–H groups in total. The van der Waals surface area contributed by atoms with Crippen molar-refractivity contribution in [1.29, 1.82) is 0 Å². The Morgan fingerprint density at radius 1 is 0.719 bits per heavy atom. The van der Waals surface area contributed by atoms with Gasteiger partial charge in [-0.2, -0.15) is 0 Å². The van der Waals surface area contributed by atoms with Crippen molar-refractivity contribution >= 4 is 0 Å². The zero-order valence-electron chi connectivity index (χ0n) is 20.4. The summed E-state index contributed by atoms with van der Waals surface area (Å²) < 4.78 is 0. The molecule has 2 aromatic rings. The fourth-order valence-electron chi connectivity index (χ4n) is 4.82. The van der Waals surface area contributed by atoms with Gasteiger partial charge in [0.2, 0.25) is 0 Å². The molecule has 1 aliphatic carbocycles. The van der Waals surface area contributed by atoms with E-state index in [2.05, 4.69) is 86.4 Å². The third-order valence-electron chi connectivity index (χ3n) is 6.98. The van der Waals surface area contributed by atoms with Gasteiger partial charge in [0, 0.05) is 5.56 Å². The van der Waals surface area contributed by atoms with Crippen LogP contribution in [0.4, 0.5) is 0 Å². The minimum Gasteiger partial charge on any atom is -0.0730 e. The molecule has 0 bridgehead atoms. The smallest absolute Gasteiger partial charge is 0.0249 e. The lowest BCUT2D eigenvalue weighted by atomic mass is 9.78. The van der Waals surface area contributed by atoms with E-state index in [1.54, 1.807) is 5.56 Å². The van der Waals surface area contributed by atoms with Crippen molar-refractivity contribution in [1.82, 2.24) is 0 Å². The van der Waals surface area contributed by atoms with E-state index < -0.39 is 0 Å². The van der Waals surface area contributed by atoms with Crippen LogP contribution in [0.2, 0.25) is 0 Å². The lowest BCUT2D eigenvalue weighted by molar-refractivity contribution is 0.376. The summed E-state index contributed by atoms with van der Waals surface area (Å²) in [6.45, 7) is 4.53. The summed E-state index contributed by atoms with van der Waals surface area (Å²) in [6, 6.07) is 18.3. The molecule has 0 amide bonds. The number of allylic oxidation sites excluding steroid dienone is 2. The lowest BCUT2D eigenvalue weighted by Crippen LogP contribution is -2.11. The van der Waals surface area contributed by atoms with Crippen LogP contribution >= 0.6 is 0 Å². The zero-order valence-corrected chi connectivity index (χ0v) is 20.4. The van der Waals surface area contributed by atoms with Crippen molar-refractivity contribution in [2.75, 3.05) is 0 Å². The first-order valence-electron chi connectivity index (χ1n) is 13.1. The zero-order chi connectivity index (χ0) is 22.4. The molecular formula is C32H42. The highest BCUT2D eigenvalue weighted by molar-refractivity contribution is 5.38. The van der Waals surface area contributed by atoms with Gasteiger partial charge >= 0.3 is 0 Å². The Hall–Kier alpha value is -2.26. The molecule has 0 radical (unpaired) electrons. The molecule has 1 fully saturated rings. The topological polar surface area (TPSA) is 0 Å². The second-order valence-corrected chi connectivity index (χ2v) is 9.59. The Bertz CT molecular complexity index is 849. The number of hydrogen-bond acceptors (Lipinski definition) is 0. The molecule has 170 valence electrons. The molecule has 0 heteroatoms. The second-order valence-electron chi connectivity index (χ2n) is 9.59. The van der Waals surface area contributed by atoms with Gasteiger partial charge in [-0.25, -0.2) is 0 Å². The molecule has 0 aromatic heterocycles. The van der Waals surface area contributed by atoms with Crippen LogP contribution in [0.5, 0.6) is 0 Å². The number of unbranched alkanes of at least 4 members (excludes halogenated alkanes) is 4. The molecule has 2 aromatic carbocycles. The molecule has 0 nitrogen and oxygen atoms in total. The summed E-state index contributed by atoms with van der Waals surface area (Å²) in [5, 5.41) is 0. The monoisotopic (exact) mass is 426 g/mol. The first-order valence-corrected chi connectivity index (χ1v) is 13.1. The standard InChI is InChI=1S/C32H42/c1-3-5-7-11-27-15-17-28(18-16-27)13-9-10-14-30-21-25-32(26-22-30)31-23-19-29(20-24-31)12-8-6-4-2/h10,14-20,23-24,30,32H,3-8,11-12,21-22,25-26H2,1-2H3. The minimum atomic E-state index is 0.690. The number of benzene rings is 2. The molecule has 1 saturated carbocycles. The van der Waals surface area contributed by atoms with Crippen LogP contribution < -0.4 is 0 Å². The minimum absolute atomic E-state index is 0.690. The molecule has 32 heavy (non-hydrogen) atoms. The van der Waals surface area contributed by atoms with E-state index in [1.165, 1.54) is 88.2 Å². The predicted molar refractivity (Wildman–Crippen MR) is 140 cm³/mol. The Morgan fingerprint density at radius 2 is 1.28 bits per heavy atom. The van der Waals surface area contributed by atoms with Crippen LogP contribution in [0.25, 0.3) is 0 Å². The molecule has 0 saturated heterocycles. The van der Waals surface area contributed by atoms with Crippen molar-refractivity contribution < 1.29 is 0 Å². The van der Waals surface area contributed by atoms with E-state index in [4.69, 9.17) is 0 Å². The summed E-state index contributed by atoms with van der Waals surface area (Å²) in [6.07, 6.45) is 19.9. The van der Waals surface area contributed by atoms with E-state index in [-0.39, 0.29) is 0 Å². The van der Waals surface area contributed by atoms with Crippen LogP contribution in [0.1, 0.15) is 106 Å².